The fourth-order valence-corrected chi connectivity index (χ4v) is 15.1. The van der Waals surface area contributed by atoms with Crippen LogP contribution in [0, 0.1) is 22.7 Å². The van der Waals surface area contributed by atoms with Crippen LogP contribution in [0.15, 0.2) is 221 Å². The monoisotopic (exact) mass is 1070 g/mol. The Hall–Kier alpha value is -7.96. The molecule has 15 rings (SSSR count). The van der Waals surface area contributed by atoms with Crippen molar-refractivity contribution in [2.24, 2.45) is 22.7 Å². The normalized spacial score (nSPS) is 21.0. The molecular formula is C75H58F6. The summed E-state index contributed by atoms with van der Waals surface area (Å²) >= 11 is 0. The minimum absolute atomic E-state index is 0.0686. The molecule has 2 atom stereocenters. The van der Waals surface area contributed by atoms with Gasteiger partial charge in [-0.3, -0.25) is 0 Å². The molecule has 0 nitrogen and oxygen atoms in total. The number of hydrogen-bond acceptors (Lipinski definition) is 0. The summed E-state index contributed by atoms with van der Waals surface area (Å²) in [6, 6.07) is 27.8. The molecule has 81 heavy (non-hydrogen) atoms. The molecule has 6 heteroatoms. The Balaban J connectivity index is 1.04. The third-order valence-corrected chi connectivity index (χ3v) is 19.1. The van der Waals surface area contributed by atoms with Crippen LogP contribution in [0.2, 0.25) is 0 Å². The van der Waals surface area contributed by atoms with E-state index >= 15 is 26.3 Å². The smallest absolute Gasteiger partial charge is 0.169 e. The number of alkyl halides is 6. The van der Waals surface area contributed by atoms with Crippen LogP contribution in [0.25, 0.3) is 77.7 Å². The molecule has 0 spiro atoms. The zero-order chi connectivity index (χ0) is 55.9. The van der Waals surface area contributed by atoms with E-state index in [1.807, 2.05) is 85.0 Å². The molecule has 0 N–H and O–H groups in total. The Bertz CT molecular complexity index is 4340. The zero-order valence-electron chi connectivity index (χ0n) is 46.1. The maximum atomic E-state index is 17.2. The molecule has 0 radical (unpaired) electrons. The molecule has 9 aliphatic rings. The molecule has 9 aliphatic carbocycles. The summed E-state index contributed by atoms with van der Waals surface area (Å²) < 4.78 is 103. The van der Waals surface area contributed by atoms with Gasteiger partial charge in [0.1, 0.15) is 0 Å². The lowest BCUT2D eigenvalue weighted by atomic mass is 9.60. The molecule has 0 aliphatic heterocycles. The van der Waals surface area contributed by atoms with Gasteiger partial charge in [-0.1, -0.05) is 205 Å². The van der Waals surface area contributed by atoms with E-state index in [1.165, 1.54) is 28.9 Å². The number of halogens is 6. The summed E-state index contributed by atoms with van der Waals surface area (Å²) in [5, 5.41) is 3.57. The van der Waals surface area contributed by atoms with Crippen molar-refractivity contribution in [1.82, 2.24) is 0 Å². The molecule has 6 aromatic carbocycles. The van der Waals surface area contributed by atoms with E-state index in [-0.39, 0.29) is 33.8 Å². The zero-order valence-corrected chi connectivity index (χ0v) is 46.1. The number of fused-ring (bicyclic) bond motifs is 5. The SMILES string of the molecule is CC(C)(C)C1=CC2=CC=C3C(c4cc5c(cc4-c4cccc6ccccc46)-c4cc(C6=C7CC=CC=C7CC=C6)c(-c6ccc7c8c9c(ccc68)C=C(C(C)(C)C)CC9=CC7)cc4C5(C(F)(F)F)C(F)(F)F)=CC=C4C=CC(=C1)C2C43. The van der Waals surface area contributed by atoms with Gasteiger partial charge in [0, 0.05) is 11.8 Å². The van der Waals surface area contributed by atoms with Gasteiger partial charge >= 0.3 is 12.4 Å². The van der Waals surface area contributed by atoms with Crippen LogP contribution < -0.4 is 0 Å². The van der Waals surface area contributed by atoms with Crippen molar-refractivity contribution in [2.45, 2.75) is 85.0 Å². The summed E-state index contributed by atoms with van der Waals surface area (Å²) in [6.07, 6.45) is 22.7. The van der Waals surface area contributed by atoms with Gasteiger partial charge in [0.15, 0.2) is 0 Å². The van der Waals surface area contributed by atoms with E-state index < -0.39 is 28.9 Å². The molecule has 0 heterocycles. The molecule has 0 fully saturated rings. The van der Waals surface area contributed by atoms with Crippen molar-refractivity contribution in [3.63, 3.8) is 0 Å². The third kappa shape index (κ3) is 7.17. The molecular weight excluding hydrogens is 1010 g/mol. The molecule has 0 bridgehead atoms. The maximum absolute atomic E-state index is 17.2. The Morgan fingerprint density at radius 3 is 2.00 bits per heavy atom. The van der Waals surface area contributed by atoms with E-state index in [9.17, 15) is 0 Å². The van der Waals surface area contributed by atoms with Gasteiger partial charge in [-0.15, -0.1) is 0 Å². The number of hydrogen-bond donors (Lipinski definition) is 0. The lowest BCUT2D eigenvalue weighted by Crippen LogP contribution is -2.53. The highest BCUT2D eigenvalue weighted by Gasteiger charge is 2.75. The van der Waals surface area contributed by atoms with Crippen molar-refractivity contribution in [1.29, 1.82) is 0 Å². The number of benzene rings is 6. The average molecular weight is 1070 g/mol. The Morgan fingerprint density at radius 2 is 1.22 bits per heavy atom. The van der Waals surface area contributed by atoms with Crippen LogP contribution in [0.1, 0.15) is 99.7 Å². The second kappa shape index (κ2) is 17.0. The van der Waals surface area contributed by atoms with Crippen molar-refractivity contribution in [3.05, 3.63) is 260 Å². The van der Waals surface area contributed by atoms with Gasteiger partial charge < -0.3 is 0 Å². The van der Waals surface area contributed by atoms with Crippen molar-refractivity contribution < 1.29 is 26.3 Å². The van der Waals surface area contributed by atoms with E-state index in [0.29, 0.717) is 52.7 Å². The first-order valence-electron chi connectivity index (χ1n) is 28.4. The van der Waals surface area contributed by atoms with Crippen LogP contribution >= 0.6 is 0 Å². The second-order valence-corrected chi connectivity index (χ2v) is 25.6. The Morgan fingerprint density at radius 1 is 0.506 bits per heavy atom. The topological polar surface area (TPSA) is 0 Å². The van der Waals surface area contributed by atoms with E-state index in [4.69, 9.17) is 0 Å². The maximum Gasteiger partial charge on any atom is 0.411 e. The van der Waals surface area contributed by atoms with E-state index in [2.05, 4.69) is 114 Å². The second-order valence-electron chi connectivity index (χ2n) is 25.6. The number of allylic oxidation sites excluding steroid dienone is 25. The van der Waals surface area contributed by atoms with Crippen LogP contribution in [0.4, 0.5) is 26.3 Å². The van der Waals surface area contributed by atoms with Crippen LogP contribution in [-0.4, -0.2) is 12.4 Å². The van der Waals surface area contributed by atoms with Gasteiger partial charge in [0.25, 0.3) is 0 Å². The predicted octanol–water partition coefficient (Wildman–Crippen LogP) is 21.0. The summed E-state index contributed by atoms with van der Waals surface area (Å²) in [7, 11) is 0. The highest BCUT2D eigenvalue weighted by Crippen LogP contribution is 2.67. The van der Waals surface area contributed by atoms with E-state index in [0.717, 1.165) is 89.2 Å². The third-order valence-electron chi connectivity index (χ3n) is 19.1. The fourth-order valence-electron chi connectivity index (χ4n) is 15.1. The van der Waals surface area contributed by atoms with Gasteiger partial charge in [0.05, 0.1) is 0 Å². The standard InChI is InChI=1S/C75H58F6/c1-71(2,3)49-33-45-23-21-43-25-29-55(57-31-27-47(35-49)67(45)69(43)57)61-39-65-63(37-59(61)53-19-11-15-41-13-7-9-17-51(41)53)64-38-60(54-20-12-16-42-14-8-10-18-52(42)54)62(40-66(64)73(65,74(76,77)78)75(79,80)81)56-30-26-44-22-24-46-34-50(72(4,5)6)36-48-28-32-58(56)70(44)68(46)48/h7-15,17,19-21,23-33,35-40,67,69H,16,18,22,34H2,1-6H3. The largest absolute Gasteiger partial charge is 0.411 e. The van der Waals surface area contributed by atoms with Gasteiger partial charge in [0.2, 0.25) is 5.41 Å². The first kappa shape index (κ1) is 50.0. The quantitative estimate of drug-likeness (QED) is 0.154. The van der Waals surface area contributed by atoms with Gasteiger partial charge in [-0.25, -0.2) is 0 Å². The molecule has 400 valence electrons. The lowest BCUT2D eigenvalue weighted by molar-refractivity contribution is -0.287. The first-order valence-corrected chi connectivity index (χ1v) is 28.4. The van der Waals surface area contributed by atoms with Crippen molar-refractivity contribution in [3.8, 4) is 33.4 Å². The Labute approximate surface area is 469 Å². The molecule has 0 aromatic heterocycles. The minimum Gasteiger partial charge on any atom is -0.169 e. The van der Waals surface area contributed by atoms with Crippen molar-refractivity contribution >= 4 is 44.3 Å². The highest BCUT2D eigenvalue weighted by molar-refractivity contribution is 6.11. The van der Waals surface area contributed by atoms with Crippen molar-refractivity contribution in [2.75, 3.05) is 0 Å². The molecule has 6 aromatic rings. The van der Waals surface area contributed by atoms with Gasteiger partial charge in [-0.05, 0) is 210 Å². The summed E-state index contributed by atoms with van der Waals surface area (Å²) in [5.41, 5.74) is 11.5. The molecule has 0 amide bonds. The summed E-state index contributed by atoms with van der Waals surface area (Å²) in [5.74, 6) is -0.271. The van der Waals surface area contributed by atoms with Crippen LogP contribution in [0.3, 0.4) is 0 Å². The predicted molar refractivity (Wildman–Crippen MR) is 321 cm³/mol. The highest BCUT2D eigenvalue weighted by atomic mass is 19.4. The fraction of sp³-hybridized carbons (Fsp3) is 0.227. The van der Waals surface area contributed by atoms with Crippen LogP contribution in [-0.2, 0) is 11.8 Å². The first-order chi connectivity index (χ1) is 38.7. The number of rotatable bonds is 4. The lowest BCUT2D eigenvalue weighted by Gasteiger charge is -2.43. The summed E-state index contributed by atoms with van der Waals surface area (Å²) in [6.45, 7) is 13.2. The molecule has 2 unspecified atom stereocenters. The summed E-state index contributed by atoms with van der Waals surface area (Å²) in [4.78, 5) is 0. The molecule has 0 saturated carbocycles. The molecule has 0 saturated heterocycles. The average Bonchev–Trinajstić information content (AvgIpc) is 2.06. The minimum atomic E-state index is -5.83. The van der Waals surface area contributed by atoms with E-state index in [1.54, 1.807) is 12.1 Å². The van der Waals surface area contributed by atoms with Gasteiger partial charge in [-0.2, -0.15) is 26.3 Å². The Kier molecular flexibility index (Phi) is 10.5. The van der Waals surface area contributed by atoms with Crippen LogP contribution in [0.5, 0.6) is 0 Å².